The summed E-state index contributed by atoms with van der Waals surface area (Å²) in [6.07, 6.45) is 2.79. The SMILES string of the molecule is COCC1=C2[C@@H](CC/C(=C/c3ccc(O)cc3)c3ccccc3)OB(O)C[C@@H]2S(=O)(=O)C1. The molecule has 168 valence electrons. The number of methoxy groups -OCH3 is 1. The van der Waals surface area contributed by atoms with Gasteiger partial charge in [-0.05, 0) is 52.8 Å². The minimum absolute atomic E-state index is 0.0394. The Morgan fingerprint density at radius 1 is 1.19 bits per heavy atom. The molecule has 0 bridgehead atoms. The van der Waals surface area contributed by atoms with Crippen molar-refractivity contribution in [3.63, 3.8) is 0 Å². The number of hydrogen-bond acceptors (Lipinski definition) is 6. The molecule has 0 spiro atoms. The van der Waals surface area contributed by atoms with Gasteiger partial charge < -0.3 is 19.5 Å². The molecule has 32 heavy (non-hydrogen) atoms. The smallest absolute Gasteiger partial charge is 0.456 e. The summed E-state index contributed by atoms with van der Waals surface area (Å²) in [5, 5.41) is 19.1. The maximum Gasteiger partial charge on any atom is 0.456 e. The van der Waals surface area contributed by atoms with E-state index in [-0.39, 0.29) is 24.4 Å². The molecule has 1 saturated heterocycles. The van der Waals surface area contributed by atoms with Gasteiger partial charge in [-0.25, -0.2) is 8.42 Å². The average molecular weight is 454 g/mol. The molecule has 0 radical (unpaired) electrons. The number of phenols is 1. The Balaban J connectivity index is 1.63. The minimum Gasteiger partial charge on any atom is -0.508 e. The van der Waals surface area contributed by atoms with Crippen LogP contribution in [-0.4, -0.2) is 56.5 Å². The van der Waals surface area contributed by atoms with Gasteiger partial charge in [0.25, 0.3) is 0 Å². The second-order valence-corrected chi connectivity index (χ2v) is 10.5. The molecule has 4 rings (SSSR count). The first-order valence-corrected chi connectivity index (χ1v) is 12.4. The molecule has 1 fully saturated rings. The third kappa shape index (κ3) is 4.99. The number of rotatable bonds is 7. The fourth-order valence-corrected chi connectivity index (χ4v) is 6.69. The second-order valence-electron chi connectivity index (χ2n) is 8.27. The molecular formula is C24H27BO6S. The molecule has 2 aromatic rings. The first-order chi connectivity index (χ1) is 15.4. The molecule has 0 unspecified atom stereocenters. The number of hydrogen-bond donors (Lipinski definition) is 2. The standard InChI is InChI=1S/C24H27BO6S/c1-30-15-20-16-32(28,29)23-14-25(27)31-22(24(20)23)12-9-19(18-5-3-2-4-6-18)13-17-7-10-21(26)11-8-17/h2-8,10-11,13,22-23,26-27H,9,12,14-16H2,1H3/b19-13-/t22-,23+/m1/s1. The molecule has 8 heteroatoms. The Bertz CT molecular complexity index is 1110. The van der Waals surface area contributed by atoms with Crippen LogP contribution < -0.4 is 0 Å². The molecule has 0 aliphatic carbocycles. The predicted molar refractivity (Wildman–Crippen MR) is 126 cm³/mol. The van der Waals surface area contributed by atoms with Gasteiger partial charge in [-0.3, -0.25) is 0 Å². The zero-order valence-electron chi connectivity index (χ0n) is 18.0. The van der Waals surface area contributed by atoms with Crippen LogP contribution in [-0.2, 0) is 19.2 Å². The fourth-order valence-electron chi connectivity index (χ4n) is 4.59. The Morgan fingerprint density at radius 3 is 2.59 bits per heavy atom. The summed E-state index contributed by atoms with van der Waals surface area (Å²) in [4.78, 5) is 0. The highest BCUT2D eigenvalue weighted by Gasteiger charge is 2.48. The Morgan fingerprint density at radius 2 is 1.91 bits per heavy atom. The monoisotopic (exact) mass is 454 g/mol. The number of fused-ring (bicyclic) bond motifs is 1. The first-order valence-electron chi connectivity index (χ1n) is 10.7. The van der Waals surface area contributed by atoms with E-state index < -0.39 is 28.3 Å². The summed E-state index contributed by atoms with van der Waals surface area (Å²) >= 11 is 0. The van der Waals surface area contributed by atoms with E-state index in [1.54, 1.807) is 19.2 Å². The van der Waals surface area contributed by atoms with Gasteiger partial charge in [0.1, 0.15) is 5.75 Å². The zero-order valence-corrected chi connectivity index (χ0v) is 18.8. The third-order valence-corrected chi connectivity index (χ3v) is 8.09. The van der Waals surface area contributed by atoms with E-state index in [1.807, 2.05) is 42.5 Å². The number of benzene rings is 2. The molecule has 2 aliphatic rings. The van der Waals surface area contributed by atoms with Crippen molar-refractivity contribution in [1.29, 1.82) is 0 Å². The van der Waals surface area contributed by atoms with E-state index in [9.17, 15) is 18.5 Å². The Kier molecular flexibility index (Phi) is 6.86. The number of aromatic hydroxyl groups is 1. The molecule has 2 aliphatic heterocycles. The third-order valence-electron chi connectivity index (χ3n) is 6.02. The maximum atomic E-state index is 12.7. The van der Waals surface area contributed by atoms with Crippen LogP contribution in [0.25, 0.3) is 11.6 Å². The van der Waals surface area contributed by atoms with Crippen molar-refractivity contribution in [2.75, 3.05) is 19.5 Å². The molecule has 2 atom stereocenters. The second kappa shape index (κ2) is 9.62. The van der Waals surface area contributed by atoms with Crippen LogP contribution in [0.2, 0.25) is 6.32 Å². The fraction of sp³-hybridized carbons (Fsp3) is 0.333. The molecule has 0 amide bonds. The van der Waals surface area contributed by atoms with E-state index in [2.05, 4.69) is 6.08 Å². The van der Waals surface area contributed by atoms with Gasteiger partial charge in [-0.15, -0.1) is 0 Å². The van der Waals surface area contributed by atoms with Crippen molar-refractivity contribution in [3.05, 3.63) is 76.9 Å². The van der Waals surface area contributed by atoms with E-state index in [0.717, 1.165) is 27.8 Å². The van der Waals surface area contributed by atoms with Gasteiger partial charge in [0, 0.05) is 13.4 Å². The number of sulfone groups is 1. The van der Waals surface area contributed by atoms with Crippen molar-refractivity contribution >= 4 is 28.6 Å². The predicted octanol–water partition coefficient (Wildman–Crippen LogP) is 3.33. The summed E-state index contributed by atoms with van der Waals surface area (Å²) < 4.78 is 36.5. The average Bonchev–Trinajstić information content (AvgIpc) is 3.03. The van der Waals surface area contributed by atoms with E-state index in [4.69, 9.17) is 9.39 Å². The van der Waals surface area contributed by atoms with Crippen LogP contribution in [0.3, 0.4) is 0 Å². The lowest BCUT2D eigenvalue weighted by molar-refractivity contribution is 0.167. The lowest BCUT2D eigenvalue weighted by atomic mass is 9.74. The molecule has 2 heterocycles. The first kappa shape index (κ1) is 22.8. The van der Waals surface area contributed by atoms with Crippen LogP contribution in [0.1, 0.15) is 24.0 Å². The quantitative estimate of drug-likeness (QED) is 0.379. The lowest BCUT2D eigenvalue weighted by Crippen LogP contribution is -2.42. The lowest BCUT2D eigenvalue weighted by Gasteiger charge is -2.32. The van der Waals surface area contributed by atoms with Crippen LogP contribution in [0, 0.1) is 0 Å². The highest BCUT2D eigenvalue weighted by atomic mass is 32.2. The Labute approximate surface area is 189 Å². The summed E-state index contributed by atoms with van der Waals surface area (Å²) in [6.45, 7) is 0.246. The minimum atomic E-state index is -3.36. The van der Waals surface area contributed by atoms with Crippen molar-refractivity contribution in [2.24, 2.45) is 0 Å². The molecule has 0 saturated carbocycles. The molecular weight excluding hydrogens is 427 g/mol. The van der Waals surface area contributed by atoms with E-state index in [1.165, 1.54) is 0 Å². The van der Waals surface area contributed by atoms with Crippen LogP contribution >= 0.6 is 0 Å². The normalized spacial score (nSPS) is 22.8. The van der Waals surface area contributed by atoms with E-state index in [0.29, 0.717) is 12.8 Å². The summed E-state index contributed by atoms with van der Waals surface area (Å²) in [7, 11) is -2.91. The largest absolute Gasteiger partial charge is 0.508 e. The van der Waals surface area contributed by atoms with Crippen LogP contribution in [0.4, 0.5) is 0 Å². The summed E-state index contributed by atoms with van der Waals surface area (Å²) in [6, 6.07) is 16.9. The van der Waals surface area contributed by atoms with Gasteiger partial charge >= 0.3 is 7.12 Å². The molecule has 0 aromatic heterocycles. The topological polar surface area (TPSA) is 93.1 Å². The van der Waals surface area contributed by atoms with Crippen molar-refractivity contribution < 1.29 is 27.9 Å². The van der Waals surface area contributed by atoms with Crippen molar-refractivity contribution in [3.8, 4) is 5.75 Å². The highest BCUT2D eigenvalue weighted by molar-refractivity contribution is 7.92. The van der Waals surface area contributed by atoms with Gasteiger partial charge in [-0.2, -0.15) is 0 Å². The molecule has 2 N–H and O–H groups in total. The van der Waals surface area contributed by atoms with E-state index >= 15 is 0 Å². The number of allylic oxidation sites excluding steroid dienone is 1. The molecule has 6 nitrogen and oxygen atoms in total. The van der Waals surface area contributed by atoms with Gasteiger partial charge in [-0.1, -0.05) is 48.5 Å². The highest BCUT2D eigenvalue weighted by Crippen LogP contribution is 2.40. The number of phenolic OH excluding ortho intramolecular Hbond substituents is 1. The number of ether oxygens (including phenoxy) is 1. The van der Waals surface area contributed by atoms with Gasteiger partial charge in [0.2, 0.25) is 0 Å². The maximum absolute atomic E-state index is 12.7. The van der Waals surface area contributed by atoms with Crippen LogP contribution in [0.15, 0.2) is 65.7 Å². The Hall–Kier alpha value is -2.39. The van der Waals surface area contributed by atoms with Crippen molar-refractivity contribution in [1.82, 2.24) is 0 Å². The van der Waals surface area contributed by atoms with Gasteiger partial charge in [0.05, 0.1) is 23.7 Å². The summed E-state index contributed by atoms with van der Waals surface area (Å²) in [5.41, 5.74) is 4.57. The van der Waals surface area contributed by atoms with Crippen molar-refractivity contribution in [2.45, 2.75) is 30.5 Å². The summed E-state index contributed by atoms with van der Waals surface area (Å²) in [5.74, 6) is 0.168. The van der Waals surface area contributed by atoms with Crippen LogP contribution in [0.5, 0.6) is 5.75 Å². The molecule has 2 aromatic carbocycles. The van der Waals surface area contributed by atoms with Gasteiger partial charge in [0.15, 0.2) is 9.84 Å². The zero-order chi connectivity index (χ0) is 22.7.